The lowest BCUT2D eigenvalue weighted by Gasteiger charge is -2.24. The van der Waals surface area contributed by atoms with Crippen LogP contribution in [0.2, 0.25) is 0 Å². The van der Waals surface area contributed by atoms with E-state index in [-0.39, 0.29) is 22.6 Å². The van der Waals surface area contributed by atoms with Crippen LogP contribution in [0.1, 0.15) is 50.5 Å². The molecule has 2 N–H and O–H groups in total. The molecular weight excluding hydrogens is 318 g/mol. The molecule has 1 saturated carbocycles. The number of aryl methyl sites for hydroxylation is 1. The average Bonchev–Trinajstić information content (AvgIpc) is 3.06. The second kappa shape index (κ2) is 8.43. The number of non-ortho nitro benzene ring substituents is 1. The maximum atomic E-state index is 12.3. The van der Waals surface area contributed by atoms with E-state index >= 15 is 0 Å². The standard InChI is InChI=1S/C19H27N3O3/c23-19(18-13-15-6-1-2-7-17(15)21-18)20-12-4-3-5-14-8-10-16(11-9-14)22(24)25/h8-11,15,17-18,21H,1-7,12-13H2,(H,20,23). The molecule has 3 unspecified atom stereocenters. The molecular formula is C19H27N3O3. The van der Waals surface area contributed by atoms with Crippen LogP contribution in [0.4, 0.5) is 5.69 Å². The fourth-order valence-corrected chi connectivity index (χ4v) is 4.09. The summed E-state index contributed by atoms with van der Waals surface area (Å²) in [5.41, 5.74) is 1.22. The number of nitrogens with one attached hydrogen (secondary N) is 2. The lowest BCUT2D eigenvalue weighted by molar-refractivity contribution is -0.384. The Balaban J connectivity index is 1.32. The zero-order chi connectivity index (χ0) is 17.6. The molecule has 1 heterocycles. The van der Waals surface area contributed by atoms with Crippen LogP contribution in [-0.4, -0.2) is 29.5 Å². The van der Waals surface area contributed by atoms with Gasteiger partial charge in [-0.15, -0.1) is 0 Å². The number of hydrogen-bond donors (Lipinski definition) is 2. The molecule has 1 aromatic rings. The van der Waals surface area contributed by atoms with Gasteiger partial charge >= 0.3 is 0 Å². The number of hydrogen-bond acceptors (Lipinski definition) is 4. The topological polar surface area (TPSA) is 84.3 Å². The summed E-state index contributed by atoms with van der Waals surface area (Å²) in [6.07, 6.45) is 8.80. The molecule has 1 aliphatic carbocycles. The monoisotopic (exact) mass is 345 g/mol. The minimum atomic E-state index is -0.382. The summed E-state index contributed by atoms with van der Waals surface area (Å²) in [5, 5.41) is 17.2. The van der Waals surface area contributed by atoms with E-state index in [1.165, 1.54) is 25.7 Å². The Morgan fingerprint density at radius 1 is 1.20 bits per heavy atom. The van der Waals surface area contributed by atoms with Gasteiger partial charge in [0.25, 0.3) is 5.69 Å². The summed E-state index contributed by atoms with van der Waals surface area (Å²) >= 11 is 0. The number of nitro benzene ring substituents is 1. The fourth-order valence-electron chi connectivity index (χ4n) is 4.09. The summed E-state index contributed by atoms with van der Waals surface area (Å²) in [6, 6.07) is 7.24. The molecule has 3 atom stereocenters. The van der Waals surface area contributed by atoms with Crippen molar-refractivity contribution in [2.45, 2.75) is 63.5 Å². The molecule has 0 bridgehead atoms. The third-order valence-electron chi connectivity index (χ3n) is 5.52. The quantitative estimate of drug-likeness (QED) is 0.452. The van der Waals surface area contributed by atoms with Crippen LogP contribution < -0.4 is 10.6 Å². The largest absolute Gasteiger partial charge is 0.355 e. The van der Waals surface area contributed by atoms with Crippen molar-refractivity contribution in [3.8, 4) is 0 Å². The van der Waals surface area contributed by atoms with Gasteiger partial charge in [-0.1, -0.05) is 25.0 Å². The van der Waals surface area contributed by atoms with E-state index in [2.05, 4.69) is 10.6 Å². The van der Waals surface area contributed by atoms with Gasteiger partial charge in [0, 0.05) is 24.7 Å². The molecule has 0 spiro atoms. The molecule has 3 rings (SSSR count). The second-order valence-corrected chi connectivity index (χ2v) is 7.28. The SMILES string of the molecule is O=C(NCCCCc1ccc([N+](=O)[O-])cc1)C1CC2CCCCC2N1. The first-order chi connectivity index (χ1) is 12.1. The Labute approximate surface area is 148 Å². The normalized spacial score (nSPS) is 25.4. The van der Waals surface area contributed by atoms with Crippen molar-refractivity contribution in [3.05, 3.63) is 39.9 Å². The minimum absolute atomic E-state index is 0.0113. The van der Waals surface area contributed by atoms with Gasteiger partial charge in [0.05, 0.1) is 11.0 Å². The number of benzene rings is 1. The van der Waals surface area contributed by atoms with Crippen molar-refractivity contribution in [1.29, 1.82) is 0 Å². The van der Waals surface area contributed by atoms with Gasteiger partial charge in [0.15, 0.2) is 0 Å². The minimum Gasteiger partial charge on any atom is -0.355 e. The van der Waals surface area contributed by atoms with Gasteiger partial charge in [-0.05, 0) is 50.0 Å². The van der Waals surface area contributed by atoms with Crippen LogP contribution in [0, 0.1) is 16.0 Å². The molecule has 1 aromatic carbocycles. The first-order valence-electron chi connectivity index (χ1n) is 9.40. The van der Waals surface area contributed by atoms with E-state index < -0.39 is 0 Å². The van der Waals surface area contributed by atoms with E-state index in [1.807, 2.05) is 0 Å². The Morgan fingerprint density at radius 2 is 1.96 bits per heavy atom. The average molecular weight is 345 g/mol. The molecule has 2 aliphatic rings. The van der Waals surface area contributed by atoms with Gasteiger partial charge in [0.1, 0.15) is 0 Å². The van der Waals surface area contributed by atoms with Crippen LogP contribution >= 0.6 is 0 Å². The van der Waals surface area contributed by atoms with Crippen molar-refractivity contribution >= 4 is 11.6 Å². The van der Waals surface area contributed by atoms with Crippen LogP contribution in [0.5, 0.6) is 0 Å². The highest BCUT2D eigenvalue weighted by Gasteiger charge is 2.37. The molecule has 6 heteroatoms. The summed E-state index contributed by atoms with van der Waals surface area (Å²) in [7, 11) is 0. The zero-order valence-electron chi connectivity index (χ0n) is 14.6. The summed E-state index contributed by atoms with van der Waals surface area (Å²) in [4.78, 5) is 22.5. The van der Waals surface area contributed by atoms with Crippen LogP contribution in [0.15, 0.2) is 24.3 Å². The van der Waals surface area contributed by atoms with E-state index in [4.69, 9.17) is 0 Å². The number of fused-ring (bicyclic) bond motifs is 1. The number of nitrogens with zero attached hydrogens (tertiary/aromatic N) is 1. The third kappa shape index (κ3) is 4.78. The summed E-state index contributed by atoms with van der Waals surface area (Å²) in [6.45, 7) is 0.694. The van der Waals surface area contributed by atoms with Gasteiger partial charge < -0.3 is 10.6 Å². The maximum Gasteiger partial charge on any atom is 0.269 e. The van der Waals surface area contributed by atoms with Gasteiger partial charge in [0.2, 0.25) is 5.91 Å². The third-order valence-corrected chi connectivity index (χ3v) is 5.52. The van der Waals surface area contributed by atoms with Crippen molar-refractivity contribution in [3.63, 3.8) is 0 Å². The Kier molecular flexibility index (Phi) is 6.02. The van der Waals surface area contributed by atoms with E-state index in [0.717, 1.165) is 31.2 Å². The van der Waals surface area contributed by atoms with Crippen LogP contribution in [0.25, 0.3) is 0 Å². The van der Waals surface area contributed by atoms with Crippen molar-refractivity contribution < 1.29 is 9.72 Å². The number of nitro groups is 1. The van der Waals surface area contributed by atoms with Crippen LogP contribution in [0.3, 0.4) is 0 Å². The highest BCUT2D eigenvalue weighted by atomic mass is 16.6. The maximum absolute atomic E-state index is 12.3. The predicted octanol–water partition coefficient (Wildman–Crippen LogP) is 2.95. The Morgan fingerprint density at radius 3 is 2.68 bits per heavy atom. The first-order valence-corrected chi connectivity index (χ1v) is 9.40. The number of unbranched alkanes of at least 4 members (excludes halogenated alkanes) is 1. The lowest BCUT2D eigenvalue weighted by atomic mass is 9.85. The first kappa shape index (κ1) is 17.9. The highest BCUT2D eigenvalue weighted by Crippen LogP contribution is 2.33. The summed E-state index contributed by atoms with van der Waals surface area (Å²) in [5.74, 6) is 0.830. The van der Waals surface area contributed by atoms with Crippen molar-refractivity contribution in [2.75, 3.05) is 6.54 Å². The molecule has 2 fully saturated rings. The summed E-state index contributed by atoms with van der Waals surface area (Å²) < 4.78 is 0. The fraction of sp³-hybridized carbons (Fsp3) is 0.632. The number of carbonyl (C=O) groups excluding carboxylic acids is 1. The molecule has 0 radical (unpaired) electrons. The highest BCUT2D eigenvalue weighted by molar-refractivity contribution is 5.82. The van der Waals surface area contributed by atoms with Gasteiger partial charge in [-0.2, -0.15) is 0 Å². The predicted molar refractivity (Wildman–Crippen MR) is 96.3 cm³/mol. The molecule has 136 valence electrons. The zero-order valence-corrected chi connectivity index (χ0v) is 14.6. The molecule has 25 heavy (non-hydrogen) atoms. The second-order valence-electron chi connectivity index (χ2n) is 7.28. The van der Waals surface area contributed by atoms with E-state index in [9.17, 15) is 14.9 Å². The van der Waals surface area contributed by atoms with Crippen molar-refractivity contribution in [1.82, 2.24) is 10.6 Å². The Bertz CT molecular complexity index is 588. The smallest absolute Gasteiger partial charge is 0.269 e. The number of amides is 1. The molecule has 1 amide bonds. The van der Waals surface area contributed by atoms with Gasteiger partial charge in [-0.25, -0.2) is 0 Å². The number of carbonyl (C=O) groups is 1. The van der Waals surface area contributed by atoms with Gasteiger partial charge in [-0.3, -0.25) is 14.9 Å². The van der Waals surface area contributed by atoms with E-state index in [0.29, 0.717) is 18.5 Å². The number of rotatable bonds is 7. The van der Waals surface area contributed by atoms with Crippen LogP contribution in [-0.2, 0) is 11.2 Å². The molecule has 0 aromatic heterocycles. The molecule has 6 nitrogen and oxygen atoms in total. The molecule has 1 aliphatic heterocycles. The van der Waals surface area contributed by atoms with Crippen molar-refractivity contribution in [2.24, 2.45) is 5.92 Å². The van der Waals surface area contributed by atoms with E-state index in [1.54, 1.807) is 24.3 Å². The lowest BCUT2D eigenvalue weighted by Crippen LogP contribution is -2.43. The Hall–Kier alpha value is -1.95. The molecule has 1 saturated heterocycles.